The number of aromatic nitrogens is 1. The SMILES string of the molecule is CC(C)(C)OC(=O)NCC(C)(N)c1nc(CO[Si](C)(C)C(C)(C)C)cs1. The van der Waals surface area contributed by atoms with Crippen molar-refractivity contribution in [3.05, 3.63) is 16.1 Å². The predicted octanol–water partition coefficient (Wildman–Crippen LogP) is 4.36. The van der Waals surface area contributed by atoms with Crippen molar-refractivity contribution < 1.29 is 14.0 Å². The van der Waals surface area contributed by atoms with Gasteiger partial charge in [-0.3, -0.25) is 0 Å². The minimum Gasteiger partial charge on any atom is -0.444 e. The van der Waals surface area contributed by atoms with Crippen LogP contribution in [0.5, 0.6) is 0 Å². The fourth-order valence-electron chi connectivity index (χ4n) is 1.75. The van der Waals surface area contributed by atoms with E-state index < -0.39 is 25.6 Å². The Labute approximate surface area is 163 Å². The molecule has 1 atom stereocenters. The number of rotatable bonds is 6. The summed E-state index contributed by atoms with van der Waals surface area (Å²) in [5, 5.41) is 5.62. The third-order valence-electron chi connectivity index (χ3n) is 4.43. The zero-order valence-electron chi connectivity index (χ0n) is 17.6. The second-order valence-corrected chi connectivity index (χ2v) is 15.1. The lowest BCUT2D eigenvalue weighted by molar-refractivity contribution is 0.0516. The summed E-state index contributed by atoms with van der Waals surface area (Å²) in [6.45, 7) is 19.1. The standard InChI is InChI=1S/C18H35N3O3SSi/c1-16(2,3)24-15(22)20-12-18(7,19)14-21-13(11-25-14)10-23-26(8,9)17(4,5)6/h11H,10,12,19H2,1-9H3,(H,20,22). The molecule has 1 rings (SSSR count). The number of amides is 1. The summed E-state index contributed by atoms with van der Waals surface area (Å²) < 4.78 is 11.5. The molecule has 1 unspecified atom stereocenters. The van der Waals surface area contributed by atoms with Gasteiger partial charge in [-0.05, 0) is 45.8 Å². The maximum absolute atomic E-state index is 11.8. The first-order valence-electron chi connectivity index (χ1n) is 8.88. The van der Waals surface area contributed by atoms with Gasteiger partial charge < -0.3 is 20.2 Å². The monoisotopic (exact) mass is 401 g/mol. The van der Waals surface area contributed by atoms with E-state index in [0.717, 1.165) is 10.7 Å². The fraction of sp³-hybridized carbons (Fsp3) is 0.778. The van der Waals surface area contributed by atoms with E-state index in [9.17, 15) is 4.79 Å². The Hall–Kier alpha value is -0.963. The third kappa shape index (κ3) is 6.98. The largest absolute Gasteiger partial charge is 0.444 e. The van der Waals surface area contributed by atoms with Crippen molar-refractivity contribution in [3.63, 3.8) is 0 Å². The van der Waals surface area contributed by atoms with Gasteiger partial charge >= 0.3 is 6.09 Å². The lowest BCUT2D eigenvalue weighted by Gasteiger charge is -2.35. The van der Waals surface area contributed by atoms with Crippen LogP contribution in [0.15, 0.2) is 5.38 Å². The molecule has 3 N–H and O–H groups in total. The molecule has 0 radical (unpaired) electrons. The number of hydrogen-bond acceptors (Lipinski definition) is 6. The first-order chi connectivity index (χ1) is 11.5. The molecule has 0 aliphatic heterocycles. The zero-order valence-corrected chi connectivity index (χ0v) is 19.5. The van der Waals surface area contributed by atoms with Crippen molar-refractivity contribution in [1.29, 1.82) is 0 Å². The van der Waals surface area contributed by atoms with Gasteiger partial charge in [0.25, 0.3) is 0 Å². The van der Waals surface area contributed by atoms with Crippen molar-refractivity contribution >= 4 is 25.7 Å². The molecule has 0 fully saturated rings. The van der Waals surface area contributed by atoms with Gasteiger partial charge in [0.15, 0.2) is 8.32 Å². The van der Waals surface area contributed by atoms with Crippen molar-refractivity contribution in [1.82, 2.24) is 10.3 Å². The Morgan fingerprint density at radius 2 is 1.81 bits per heavy atom. The van der Waals surface area contributed by atoms with Gasteiger partial charge in [-0.15, -0.1) is 11.3 Å². The molecule has 0 bridgehead atoms. The Morgan fingerprint density at radius 3 is 2.31 bits per heavy atom. The fourth-order valence-corrected chi connectivity index (χ4v) is 3.57. The summed E-state index contributed by atoms with van der Waals surface area (Å²) in [4.78, 5) is 16.4. The van der Waals surface area contributed by atoms with E-state index in [1.807, 2.05) is 33.1 Å². The number of carbonyl (C=O) groups excluding carboxylic acids is 1. The first-order valence-corrected chi connectivity index (χ1v) is 12.7. The molecule has 0 aromatic carbocycles. The van der Waals surface area contributed by atoms with Gasteiger partial charge in [0.2, 0.25) is 0 Å². The molecular formula is C18H35N3O3SSi. The van der Waals surface area contributed by atoms with Crippen molar-refractivity contribution in [2.45, 2.75) is 84.3 Å². The minimum atomic E-state index is -1.82. The maximum atomic E-state index is 11.8. The summed E-state index contributed by atoms with van der Waals surface area (Å²) in [7, 11) is -1.82. The minimum absolute atomic E-state index is 0.158. The Bertz CT molecular complexity index is 616. The van der Waals surface area contributed by atoms with Crippen LogP contribution in [0.4, 0.5) is 4.79 Å². The first kappa shape index (κ1) is 23.1. The van der Waals surface area contributed by atoms with E-state index in [2.05, 4.69) is 44.2 Å². The predicted molar refractivity (Wildman–Crippen MR) is 110 cm³/mol. The lowest BCUT2D eigenvalue weighted by atomic mass is 10.1. The highest BCUT2D eigenvalue weighted by Gasteiger charge is 2.37. The zero-order chi connectivity index (χ0) is 20.4. The molecule has 0 spiro atoms. The van der Waals surface area contributed by atoms with Gasteiger partial charge in [0.1, 0.15) is 10.6 Å². The average molecular weight is 402 g/mol. The smallest absolute Gasteiger partial charge is 0.407 e. The second-order valence-electron chi connectivity index (χ2n) is 9.47. The number of nitrogens with zero attached hydrogens (tertiary/aromatic N) is 1. The van der Waals surface area contributed by atoms with Gasteiger partial charge in [-0.1, -0.05) is 20.8 Å². The number of thiazole rings is 1. The highest BCUT2D eigenvalue weighted by atomic mass is 32.1. The summed E-state index contributed by atoms with van der Waals surface area (Å²) in [5.74, 6) is 0. The molecule has 1 amide bonds. The molecular weight excluding hydrogens is 366 g/mol. The van der Waals surface area contributed by atoms with Crippen LogP contribution >= 0.6 is 11.3 Å². The van der Waals surface area contributed by atoms with E-state index >= 15 is 0 Å². The van der Waals surface area contributed by atoms with Crippen molar-refractivity contribution in [2.24, 2.45) is 5.73 Å². The van der Waals surface area contributed by atoms with Crippen LogP contribution < -0.4 is 11.1 Å². The number of alkyl carbamates (subject to hydrolysis) is 1. The second kappa shape index (κ2) is 7.96. The number of carbonyl (C=O) groups is 1. The van der Waals surface area contributed by atoms with Gasteiger partial charge in [-0.2, -0.15) is 0 Å². The van der Waals surface area contributed by atoms with Crippen LogP contribution in [-0.4, -0.2) is 31.5 Å². The van der Waals surface area contributed by atoms with Gasteiger partial charge in [0, 0.05) is 11.9 Å². The summed E-state index contributed by atoms with van der Waals surface area (Å²) in [5.41, 5.74) is 5.93. The van der Waals surface area contributed by atoms with E-state index in [4.69, 9.17) is 14.9 Å². The maximum Gasteiger partial charge on any atom is 0.407 e. The van der Waals surface area contributed by atoms with Gasteiger partial charge in [0.05, 0.1) is 17.8 Å². The van der Waals surface area contributed by atoms with Crippen LogP contribution in [-0.2, 0) is 21.3 Å². The molecule has 8 heteroatoms. The average Bonchev–Trinajstić information content (AvgIpc) is 2.90. The molecule has 1 heterocycles. The van der Waals surface area contributed by atoms with Crippen LogP contribution in [0.2, 0.25) is 18.1 Å². The molecule has 0 saturated heterocycles. The molecule has 150 valence electrons. The van der Waals surface area contributed by atoms with E-state index in [1.165, 1.54) is 11.3 Å². The lowest BCUT2D eigenvalue weighted by Crippen LogP contribution is -2.46. The Kier molecular flexibility index (Phi) is 7.06. The molecule has 1 aromatic heterocycles. The molecule has 1 aromatic rings. The number of nitrogens with one attached hydrogen (secondary N) is 1. The van der Waals surface area contributed by atoms with Crippen molar-refractivity contribution in [3.8, 4) is 0 Å². The Morgan fingerprint density at radius 1 is 1.23 bits per heavy atom. The van der Waals surface area contributed by atoms with Crippen LogP contribution in [0.3, 0.4) is 0 Å². The molecule has 0 aliphatic rings. The van der Waals surface area contributed by atoms with E-state index in [0.29, 0.717) is 6.61 Å². The summed E-state index contributed by atoms with van der Waals surface area (Å²) in [6.07, 6.45) is -0.479. The highest BCUT2D eigenvalue weighted by molar-refractivity contribution is 7.09. The van der Waals surface area contributed by atoms with E-state index in [1.54, 1.807) is 0 Å². The van der Waals surface area contributed by atoms with Crippen LogP contribution in [0.25, 0.3) is 0 Å². The third-order valence-corrected chi connectivity index (χ3v) is 10.1. The topological polar surface area (TPSA) is 86.5 Å². The summed E-state index contributed by atoms with van der Waals surface area (Å²) >= 11 is 1.49. The Balaban J connectivity index is 2.66. The summed E-state index contributed by atoms with van der Waals surface area (Å²) in [6, 6.07) is 0. The molecule has 0 saturated carbocycles. The molecule has 26 heavy (non-hydrogen) atoms. The number of nitrogens with two attached hydrogens (primary N) is 1. The van der Waals surface area contributed by atoms with E-state index in [-0.39, 0.29) is 11.6 Å². The van der Waals surface area contributed by atoms with Crippen molar-refractivity contribution in [2.75, 3.05) is 6.54 Å². The number of ether oxygens (including phenoxy) is 1. The molecule has 0 aliphatic carbocycles. The van der Waals surface area contributed by atoms with Gasteiger partial charge in [-0.25, -0.2) is 9.78 Å². The quantitative estimate of drug-likeness (QED) is 0.692. The number of hydrogen-bond donors (Lipinski definition) is 2. The normalized spacial score (nSPS) is 15.5. The highest BCUT2D eigenvalue weighted by Crippen LogP contribution is 2.37. The van der Waals surface area contributed by atoms with Crippen LogP contribution in [0.1, 0.15) is 59.2 Å². The van der Waals surface area contributed by atoms with Crippen LogP contribution in [0, 0.1) is 0 Å². The molecule has 6 nitrogen and oxygen atoms in total.